The normalized spacial score (nSPS) is 15.3. The molecule has 1 aromatic heterocycles. The molecule has 4 N–H and O–H groups in total. The second-order valence-electron chi connectivity index (χ2n) is 9.02. The molecule has 2 aromatic rings. The van der Waals surface area contributed by atoms with Crippen LogP contribution in [0.3, 0.4) is 0 Å². The van der Waals surface area contributed by atoms with Crippen LogP contribution in [0.4, 0.5) is 23.5 Å². The number of rotatable bonds is 11. The van der Waals surface area contributed by atoms with Gasteiger partial charge < -0.3 is 26.2 Å². The highest BCUT2D eigenvalue weighted by Crippen LogP contribution is 2.25. The molecular weight excluding hydrogens is 412 g/mol. The van der Waals surface area contributed by atoms with Crippen molar-refractivity contribution in [3.63, 3.8) is 0 Å². The van der Waals surface area contributed by atoms with E-state index in [2.05, 4.69) is 89.4 Å². The minimum Gasteiger partial charge on any atom is -0.378 e. The molecule has 8 heteroatoms. The Balaban J connectivity index is 1.90. The molecule has 0 aliphatic carbocycles. The lowest BCUT2D eigenvalue weighted by Crippen LogP contribution is -2.27. The lowest BCUT2D eigenvalue weighted by atomic mass is 10.1. The van der Waals surface area contributed by atoms with Gasteiger partial charge in [0.2, 0.25) is 17.8 Å². The fourth-order valence-electron chi connectivity index (χ4n) is 3.79. The summed E-state index contributed by atoms with van der Waals surface area (Å²) in [6.07, 6.45) is 2.08. The predicted octanol–water partition coefficient (Wildman–Crippen LogP) is 3.92. The lowest BCUT2D eigenvalue weighted by Gasteiger charge is -2.21. The number of hydrogen-bond acceptors (Lipinski definition) is 8. The molecule has 8 nitrogen and oxygen atoms in total. The van der Waals surface area contributed by atoms with Crippen LogP contribution in [0.25, 0.3) is 5.70 Å². The van der Waals surface area contributed by atoms with Crippen LogP contribution >= 0.6 is 0 Å². The van der Waals surface area contributed by atoms with Crippen LogP contribution in [0, 0.1) is 12.8 Å². The fraction of sp³-hybridized carbons (Fsp3) is 0.520. The summed E-state index contributed by atoms with van der Waals surface area (Å²) < 4.78 is 0. The molecule has 1 saturated heterocycles. The highest BCUT2D eigenvalue weighted by atomic mass is 15.3. The van der Waals surface area contributed by atoms with E-state index in [0.29, 0.717) is 29.8 Å². The van der Waals surface area contributed by atoms with E-state index in [-0.39, 0.29) is 0 Å². The van der Waals surface area contributed by atoms with Gasteiger partial charge >= 0.3 is 0 Å². The van der Waals surface area contributed by atoms with E-state index < -0.39 is 0 Å². The highest BCUT2D eigenvalue weighted by molar-refractivity contribution is 5.70. The largest absolute Gasteiger partial charge is 0.378 e. The van der Waals surface area contributed by atoms with Gasteiger partial charge in [0.15, 0.2) is 0 Å². The zero-order valence-corrected chi connectivity index (χ0v) is 20.6. The van der Waals surface area contributed by atoms with E-state index in [0.717, 1.165) is 61.5 Å². The molecule has 1 aromatic carbocycles. The molecule has 0 bridgehead atoms. The lowest BCUT2D eigenvalue weighted by molar-refractivity contribution is 0.629. The summed E-state index contributed by atoms with van der Waals surface area (Å²) in [5, 5.41) is 13.7. The Bertz CT molecular complexity index is 974. The van der Waals surface area contributed by atoms with Gasteiger partial charge in [0, 0.05) is 44.0 Å². The minimum atomic E-state index is 0.318. The first kappa shape index (κ1) is 24.6. The molecule has 0 radical (unpaired) electrons. The summed E-state index contributed by atoms with van der Waals surface area (Å²) in [4.78, 5) is 16.2. The SMILES string of the molecule is C=C=C(NCCC)c1ccc(C)c(Nc2nc(N[C@@H]3CCNC3)nc(N(C)CC(C)C)n2)c1. The first-order valence-corrected chi connectivity index (χ1v) is 11.9. The van der Waals surface area contributed by atoms with Gasteiger partial charge in [0.25, 0.3) is 0 Å². The third-order valence-electron chi connectivity index (χ3n) is 5.50. The topological polar surface area (TPSA) is 90.0 Å². The monoisotopic (exact) mass is 450 g/mol. The zero-order chi connectivity index (χ0) is 23.8. The summed E-state index contributed by atoms with van der Waals surface area (Å²) in [5.41, 5.74) is 6.98. The van der Waals surface area contributed by atoms with Gasteiger partial charge in [-0.3, -0.25) is 0 Å². The quantitative estimate of drug-likeness (QED) is 0.383. The van der Waals surface area contributed by atoms with Crippen LogP contribution in [-0.2, 0) is 0 Å². The highest BCUT2D eigenvalue weighted by Gasteiger charge is 2.18. The van der Waals surface area contributed by atoms with Gasteiger partial charge in [-0.2, -0.15) is 15.0 Å². The van der Waals surface area contributed by atoms with E-state index in [1.54, 1.807) is 0 Å². The number of anilines is 4. The molecule has 1 atom stereocenters. The molecule has 33 heavy (non-hydrogen) atoms. The van der Waals surface area contributed by atoms with Crippen LogP contribution in [0.1, 0.15) is 44.7 Å². The maximum absolute atomic E-state index is 4.73. The number of benzene rings is 1. The number of hydrogen-bond donors (Lipinski definition) is 4. The fourth-order valence-corrected chi connectivity index (χ4v) is 3.79. The van der Waals surface area contributed by atoms with Gasteiger partial charge in [-0.05, 0) is 43.9 Å². The van der Waals surface area contributed by atoms with Gasteiger partial charge in [-0.15, -0.1) is 5.73 Å². The number of nitrogens with zero attached hydrogens (tertiary/aromatic N) is 4. The summed E-state index contributed by atoms with van der Waals surface area (Å²) >= 11 is 0. The Kier molecular flexibility index (Phi) is 8.69. The third kappa shape index (κ3) is 6.94. The smallest absolute Gasteiger partial charge is 0.233 e. The van der Waals surface area contributed by atoms with Crippen molar-refractivity contribution in [2.75, 3.05) is 48.8 Å². The number of aromatic nitrogens is 3. The molecule has 0 unspecified atom stereocenters. The van der Waals surface area contributed by atoms with Crippen molar-refractivity contribution in [1.82, 2.24) is 25.6 Å². The third-order valence-corrected chi connectivity index (χ3v) is 5.50. The maximum atomic E-state index is 4.73. The second-order valence-corrected chi connectivity index (χ2v) is 9.02. The van der Waals surface area contributed by atoms with Crippen LogP contribution in [0.2, 0.25) is 0 Å². The van der Waals surface area contributed by atoms with E-state index in [1.807, 2.05) is 7.05 Å². The molecule has 0 saturated carbocycles. The van der Waals surface area contributed by atoms with Crippen LogP contribution in [0.15, 0.2) is 30.5 Å². The van der Waals surface area contributed by atoms with Gasteiger partial charge in [0.1, 0.15) is 0 Å². The van der Waals surface area contributed by atoms with Gasteiger partial charge in [-0.1, -0.05) is 39.5 Å². The van der Waals surface area contributed by atoms with Crippen molar-refractivity contribution in [2.24, 2.45) is 5.92 Å². The molecule has 178 valence electrons. The Hall–Kier alpha value is -3.09. The van der Waals surface area contributed by atoms with E-state index in [9.17, 15) is 0 Å². The average molecular weight is 451 g/mol. The maximum Gasteiger partial charge on any atom is 0.233 e. The Morgan fingerprint density at radius 2 is 2.06 bits per heavy atom. The van der Waals surface area contributed by atoms with Crippen molar-refractivity contribution in [3.8, 4) is 0 Å². The molecule has 3 rings (SSSR count). The molecule has 0 amide bonds. The Morgan fingerprint density at radius 1 is 1.27 bits per heavy atom. The van der Waals surface area contributed by atoms with Gasteiger partial charge in [-0.25, -0.2) is 0 Å². The first-order chi connectivity index (χ1) is 15.9. The molecule has 2 heterocycles. The van der Waals surface area contributed by atoms with Crippen molar-refractivity contribution in [3.05, 3.63) is 41.6 Å². The molecular formula is C25H38N8. The van der Waals surface area contributed by atoms with E-state index >= 15 is 0 Å². The molecule has 0 spiro atoms. The summed E-state index contributed by atoms with van der Waals surface area (Å²) in [7, 11) is 2.02. The van der Waals surface area contributed by atoms with Crippen molar-refractivity contribution in [2.45, 2.75) is 46.6 Å². The van der Waals surface area contributed by atoms with Crippen molar-refractivity contribution >= 4 is 29.2 Å². The van der Waals surface area contributed by atoms with Crippen LogP contribution in [0.5, 0.6) is 0 Å². The summed E-state index contributed by atoms with van der Waals surface area (Å²) in [6, 6.07) is 6.56. The zero-order valence-electron chi connectivity index (χ0n) is 20.6. The molecule has 1 aliphatic rings. The summed E-state index contributed by atoms with van der Waals surface area (Å²) in [6.45, 7) is 16.1. The van der Waals surface area contributed by atoms with Crippen molar-refractivity contribution in [1.29, 1.82) is 0 Å². The second kappa shape index (κ2) is 11.7. The van der Waals surface area contributed by atoms with E-state index in [4.69, 9.17) is 9.97 Å². The van der Waals surface area contributed by atoms with Gasteiger partial charge in [0.05, 0.1) is 5.70 Å². The van der Waals surface area contributed by atoms with Crippen LogP contribution in [-0.4, -0.2) is 54.2 Å². The molecule has 1 aliphatic heterocycles. The minimum absolute atomic E-state index is 0.318. The van der Waals surface area contributed by atoms with Crippen LogP contribution < -0.4 is 26.2 Å². The Morgan fingerprint density at radius 3 is 2.73 bits per heavy atom. The average Bonchev–Trinajstić information content (AvgIpc) is 3.28. The number of aryl methyl sites for hydroxylation is 1. The standard InChI is InChI=1S/C25H38N8/c1-7-12-27-21(8-2)19-10-9-18(5)22(14-19)29-24-30-23(28-20-11-13-26-15-20)31-25(32-24)33(6)16-17(3)4/h9-10,14,17,20,26-27H,2,7,11-13,15-16H2,1,3-6H3,(H2,28,29,30,31,32)/t20-/m1/s1. The first-order valence-electron chi connectivity index (χ1n) is 11.9. The number of nitrogens with one attached hydrogen (secondary N) is 4. The summed E-state index contributed by atoms with van der Waals surface area (Å²) in [5.74, 6) is 2.27. The Labute approximate surface area is 198 Å². The molecule has 1 fully saturated rings. The predicted molar refractivity (Wildman–Crippen MR) is 138 cm³/mol. The van der Waals surface area contributed by atoms with Crippen molar-refractivity contribution < 1.29 is 0 Å². The van der Waals surface area contributed by atoms with E-state index in [1.165, 1.54) is 0 Å².